The van der Waals surface area contributed by atoms with Crippen molar-refractivity contribution in [2.45, 2.75) is 18.7 Å². The molecule has 0 spiro atoms. The van der Waals surface area contributed by atoms with E-state index >= 15 is 0 Å². The van der Waals surface area contributed by atoms with Gasteiger partial charge in [0.25, 0.3) is 10.0 Å². The maximum Gasteiger partial charge on any atom is 0.264 e. The topological polar surface area (TPSA) is 75.7 Å². The van der Waals surface area contributed by atoms with E-state index in [0.717, 1.165) is 9.87 Å². The predicted molar refractivity (Wildman–Crippen MR) is 127 cm³/mol. The van der Waals surface area contributed by atoms with Crippen LogP contribution >= 0.6 is 11.6 Å². The van der Waals surface area contributed by atoms with Crippen LogP contribution in [0, 0.1) is 13.8 Å². The summed E-state index contributed by atoms with van der Waals surface area (Å²) in [5.41, 5.74) is 1.98. The summed E-state index contributed by atoms with van der Waals surface area (Å²) in [7, 11) is -3.98. The SMILES string of the molecule is Cc1ccc(S(=O)(=O)N(CC(=O)NCCOc2ccccc2)c2ccc(Cl)cc2C)cc1. The lowest BCUT2D eigenvalue weighted by Gasteiger charge is -2.26. The van der Waals surface area contributed by atoms with Crippen molar-refractivity contribution in [3.05, 3.63) is 88.9 Å². The zero-order valence-corrected chi connectivity index (χ0v) is 19.5. The maximum atomic E-state index is 13.4. The highest BCUT2D eigenvalue weighted by molar-refractivity contribution is 7.92. The largest absolute Gasteiger partial charge is 0.492 e. The molecule has 3 rings (SSSR count). The van der Waals surface area contributed by atoms with Crippen LogP contribution in [0.15, 0.2) is 77.7 Å². The van der Waals surface area contributed by atoms with Crippen molar-refractivity contribution in [2.24, 2.45) is 0 Å². The van der Waals surface area contributed by atoms with Crippen LogP contribution in [0.5, 0.6) is 5.75 Å². The third kappa shape index (κ3) is 6.02. The van der Waals surface area contributed by atoms with Gasteiger partial charge in [-0.15, -0.1) is 0 Å². The summed E-state index contributed by atoms with van der Waals surface area (Å²) < 4.78 is 33.5. The number of nitrogens with one attached hydrogen (secondary N) is 1. The number of nitrogens with zero attached hydrogens (tertiary/aromatic N) is 1. The van der Waals surface area contributed by atoms with E-state index in [9.17, 15) is 13.2 Å². The van der Waals surface area contributed by atoms with Crippen LogP contribution in [0.25, 0.3) is 0 Å². The monoisotopic (exact) mass is 472 g/mol. The normalized spacial score (nSPS) is 11.1. The fourth-order valence-corrected chi connectivity index (χ4v) is 4.81. The molecule has 1 amide bonds. The van der Waals surface area contributed by atoms with Crippen LogP contribution in [0.3, 0.4) is 0 Å². The van der Waals surface area contributed by atoms with E-state index in [1.165, 1.54) is 12.1 Å². The maximum absolute atomic E-state index is 13.4. The Balaban J connectivity index is 1.76. The second-order valence-electron chi connectivity index (χ2n) is 7.27. The molecule has 3 aromatic rings. The van der Waals surface area contributed by atoms with Crippen LogP contribution in [-0.4, -0.2) is 34.0 Å². The number of carbonyl (C=O) groups is 1. The summed E-state index contributed by atoms with van der Waals surface area (Å²) in [6.45, 7) is 3.77. The molecule has 0 saturated carbocycles. The third-order valence-electron chi connectivity index (χ3n) is 4.76. The minimum absolute atomic E-state index is 0.109. The Morgan fingerprint density at radius 2 is 1.69 bits per heavy atom. The van der Waals surface area contributed by atoms with E-state index in [4.69, 9.17) is 16.3 Å². The highest BCUT2D eigenvalue weighted by Crippen LogP contribution is 2.29. The Hall–Kier alpha value is -3.03. The molecule has 0 aromatic heterocycles. The first kappa shape index (κ1) is 23.6. The third-order valence-corrected chi connectivity index (χ3v) is 6.77. The number of hydrogen-bond acceptors (Lipinski definition) is 4. The number of sulfonamides is 1. The average molecular weight is 473 g/mol. The number of para-hydroxylation sites is 1. The minimum atomic E-state index is -3.98. The van der Waals surface area contributed by atoms with Crippen LogP contribution in [0.2, 0.25) is 5.02 Å². The highest BCUT2D eigenvalue weighted by Gasteiger charge is 2.28. The molecule has 0 saturated heterocycles. The number of ether oxygens (including phenoxy) is 1. The molecule has 0 unspecified atom stereocenters. The van der Waals surface area contributed by atoms with Gasteiger partial charge in [-0.2, -0.15) is 0 Å². The smallest absolute Gasteiger partial charge is 0.264 e. The predicted octanol–water partition coefficient (Wildman–Crippen LogP) is 4.35. The van der Waals surface area contributed by atoms with E-state index in [2.05, 4.69) is 5.32 Å². The van der Waals surface area contributed by atoms with Crippen molar-refractivity contribution in [1.82, 2.24) is 5.32 Å². The fourth-order valence-electron chi connectivity index (χ4n) is 3.10. The zero-order chi connectivity index (χ0) is 23.1. The first-order chi connectivity index (χ1) is 15.3. The zero-order valence-electron chi connectivity index (χ0n) is 17.9. The van der Waals surface area contributed by atoms with Gasteiger partial charge in [-0.1, -0.05) is 47.5 Å². The van der Waals surface area contributed by atoms with Crippen LogP contribution in [0.4, 0.5) is 5.69 Å². The van der Waals surface area contributed by atoms with Crippen LogP contribution in [0.1, 0.15) is 11.1 Å². The van der Waals surface area contributed by atoms with E-state index in [0.29, 0.717) is 22.0 Å². The molecule has 32 heavy (non-hydrogen) atoms. The van der Waals surface area contributed by atoms with Gasteiger partial charge in [0.15, 0.2) is 0 Å². The van der Waals surface area contributed by atoms with Gasteiger partial charge in [0.1, 0.15) is 18.9 Å². The standard InChI is InChI=1S/C24H25ClN2O4S/c1-18-8-11-22(12-9-18)32(29,30)27(23-13-10-20(25)16-19(23)2)17-24(28)26-14-15-31-21-6-4-3-5-7-21/h3-13,16H,14-15,17H2,1-2H3,(H,26,28). The second kappa shape index (κ2) is 10.5. The fraction of sp³-hybridized carbons (Fsp3) is 0.208. The lowest BCUT2D eigenvalue weighted by molar-refractivity contribution is -0.119. The molecule has 0 radical (unpaired) electrons. The summed E-state index contributed by atoms with van der Waals surface area (Å²) in [5.74, 6) is 0.258. The molecular formula is C24H25ClN2O4S. The van der Waals surface area contributed by atoms with Crippen molar-refractivity contribution in [3.63, 3.8) is 0 Å². The summed E-state index contributed by atoms with van der Waals surface area (Å²) in [6, 6.07) is 20.6. The molecule has 8 heteroatoms. The Morgan fingerprint density at radius 3 is 2.34 bits per heavy atom. The van der Waals surface area contributed by atoms with Gasteiger partial charge >= 0.3 is 0 Å². The molecule has 0 bridgehead atoms. The van der Waals surface area contributed by atoms with Crippen molar-refractivity contribution >= 4 is 33.2 Å². The highest BCUT2D eigenvalue weighted by atomic mass is 35.5. The molecule has 0 aliphatic carbocycles. The second-order valence-corrected chi connectivity index (χ2v) is 9.57. The Morgan fingerprint density at radius 1 is 1.00 bits per heavy atom. The Kier molecular flexibility index (Phi) is 7.77. The quantitative estimate of drug-likeness (QED) is 0.470. The number of halogens is 1. The van der Waals surface area contributed by atoms with Crippen molar-refractivity contribution in [1.29, 1.82) is 0 Å². The number of aryl methyl sites for hydroxylation is 2. The summed E-state index contributed by atoms with van der Waals surface area (Å²) in [4.78, 5) is 12.8. The number of amides is 1. The van der Waals surface area contributed by atoms with Gasteiger partial charge in [-0.3, -0.25) is 9.10 Å². The molecule has 1 N–H and O–H groups in total. The molecule has 6 nitrogen and oxygen atoms in total. The molecule has 168 valence electrons. The van der Waals surface area contributed by atoms with Crippen LogP contribution < -0.4 is 14.4 Å². The lowest BCUT2D eigenvalue weighted by Crippen LogP contribution is -2.42. The molecule has 0 atom stereocenters. The van der Waals surface area contributed by atoms with Gasteiger partial charge in [0.2, 0.25) is 5.91 Å². The lowest BCUT2D eigenvalue weighted by atomic mass is 10.2. The van der Waals surface area contributed by atoms with E-state index in [1.54, 1.807) is 37.3 Å². The number of rotatable bonds is 9. The van der Waals surface area contributed by atoms with Gasteiger partial charge < -0.3 is 10.1 Å². The van der Waals surface area contributed by atoms with E-state index < -0.39 is 15.9 Å². The number of hydrogen-bond donors (Lipinski definition) is 1. The summed E-state index contributed by atoms with van der Waals surface area (Å²) in [6.07, 6.45) is 0. The Labute approximate surface area is 193 Å². The number of carbonyl (C=O) groups excluding carboxylic acids is 1. The number of anilines is 1. The molecule has 0 aliphatic heterocycles. The van der Waals surface area contributed by atoms with Crippen molar-refractivity contribution < 1.29 is 17.9 Å². The molecule has 0 fully saturated rings. The molecule has 0 heterocycles. The summed E-state index contributed by atoms with van der Waals surface area (Å²) >= 11 is 6.05. The van der Waals surface area contributed by atoms with Crippen LogP contribution in [-0.2, 0) is 14.8 Å². The van der Waals surface area contributed by atoms with E-state index in [-0.39, 0.29) is 24.6 Å². The molecular weight excluding hydrogens is 448 g/mol. The first-order valence-electron chi connectivity index (χ1n) is 10.1. The van der Waals surface area contributed by atoms with E-state index in [1.807, 2.05) is 37.3 Å². The molecule has 0 aliphatic rings. The van der Waals surface area contributed by atoms with Gasteiger partial charge in [0, 0.05) is 5.02 Å². The van der Waals surface area contributed by atoms with Gasteiger partial charge in [-0.25, -0.2) is 8.42 Å². The number of benzene rings is 3. The first-order valence-corrected chi connectivity index (χ1v) is 11.9. The Bertz CT molecular complexity index is 1170. The molecule has 3 aromatic carbocycles. The van der Waals surface area contributed by atoms with Gasteiger partial charge in [-0.05, 0) is 61.9 Å². The van der Waals surface area contributed by atoms with Crippen molar-refractivity contribution in [3.8, 4) is 5.75 Å². The minimum Gasteiger partial charge on any atom is -0.492 e. The summed E-state index contributed by atoms with van der Waals surface area (Å²) in [5, 5.41) is 3.21. The van der Waals surface area contributed by atoms with Crippen molar-refractivity contribution in [2.75, 3.05) is 24.0 Å². The van der Waals surface area contributed by atoms with Gasteiger partial charge in [0.05, 0.1) is 17.1 Å². The average Bonchev–Trinajstić information content (AvgIpc) is 2.76.